The van der Waals surface area contributed by atoms with Crippen molar-refractivity contribution in [1.82, 2.24) is 19.1 Å². The second-order valence-electron chi connectivity index (χ2n) is 5.02. The predicted molar refractivity (Wildman–Crippen MR) is 70.8 cm³/mol. The van der Waals surface area contributed by atoms with Crippen LogP contribution in [0.1, 0.15) is 20.8 Å². The Balaban J connectivity index is 2.64. The van der Waals surface area contributed by atoms with Crippen molar-refractivity contribution in [2.45, 2.75) is 27.3 Å². The molecule has 0 aliphatic carbocycles. The maximum atomic E-state index is 12.2. The summed E-state index contributed by atoms with van der Waals surface area (Å²) in [5.74, 6) is 0.695. The number of carbonyl (C=O) groups excluding carboxylic acids is 1. The SMILES string of the molecule is CC(C)C(C)Cn1c(=O)n(C(N)=O)c2cncnc21. The maximum Gasteiger partial charge on any atom is 0.338 e. The number of nitrogens with zero attached hydrogens (tertiary/aromatic N) is 4. The van der Waals surface area contributed by atoms with E-state index in [4.69, 9.17) is 5.73 Å². The summed E-state index contributed by atoms with van der Waals surface area (Å²) in [5.41, 5.74) is 5.56. The van der Waals surface area contributed by atoms with E-state index in [2.05, 4.69) is 23.8 Å². The highest BCUT2D eigenvalue weighted by atomic mass is 16.2. The second kappa shape index (κ2) is 4.83. The summed E-state index contributed by atoms with van der Waals surface area (Å²) in [7, 11) is 0. The number of amides is 1. The Labute approximate surface area is 110 Å². The Kier molecular flexibility index (Phi) is 3.37. The summed E-state index contributed by atoms with van der Waals surface area (Å²) in [6.45, 7) is 6.70. The van der Waals surface area contributed by atoms with Crippen LogP contribution in [0.15, 0.2) is 17.3 Å². The van der Waals surface area contributed by atoms with Crippen molar-refractivity contribution >= 4 is 17.2 Å². The Morgan fingerprint density at radius 1 is 1.42 bits per heavy atom. The molecule has 2 N–H and O–H groups in total. The van der Waals surface area contributed by atoms with Crippen LogP contribution in [0.25, 0.3) is 11.2 Å². The molecule has 0 aliphatic rings. The van der Waals surface area contributed by atoms with Crippen LogP contribution in [-0.4, -0.2) is 25.1 Å². The van der Waals surface area contributed by atoms with Crippen molar-refractivity contribution in [3.63, 3.8) is 0 Å². The fourth-order valence-electron chi connectivity index (χ4n) is 1.87. The molecule has 0 radical (unpaired) electrons. The van der Waals surface area contributed by atoms with Crippen LogP contribution in [0.4, 0.5) is 4.79 Å². The molecule has 2 aromatic rings. The van der Waals surface area contributed by atoms with Gasteiger partial charge in [0.25, 0.3) is 0 Å². The molecule has 102 valence electrons. The van der Waals surface area contributed by atoms with Crippen molar-refractivity contribution in [2.24, 2.45) is 17.6 Å². The molecule has 1 amide bonds. The van der Waals surface area contributed by atoms with Crippen molar-refractivity contribution < 1.29 is 4.79 Å². The van der Waals surface area contributed by atoms with E-state index in [1.807, 2.05) is 6.92 Å². The van der Waals surface area contributed by atoms with Gasteiger partial charge in [0.05, 0.1) is 6.20 Å². The van der Waals surface area contributed by atoms with Gasteiger partial charge in [-0.3, -0.25) is 4.57 Å². The molecule has 0 aliphatic heterocycles. The van der Waals surface area contributed by atoms with Crippen LogP contribution < -0.4 is 11.4 Å². The number of imidazole rings is 1. The van der Waals surface area contributed by atoms with Gasteiger partial charge in [0, 0.05) is 6.54 Å². The van der Waals surface area contributed by atoms with E-state index in [-0.39, 0.29) is 5.92 Å². The number of hydrogen-bond donors (Lipinski definition) is 1. The zero-order valence-corrected chi connectivity index (χ0v) is 11.2. The predicted octanol–water partition coefficient (Wildman–Crippen LogP) is 0.812. The van der Waals surface area contributed by atoms with Gasteiger partial charge in [-0.05, 0) is 11.8 Å². The summed E-state index contributed by atoms with van der Waals surface area (Å²) in [6.07, 6.45) is 2.77. The van der Waals surface area contributed by atoms with Gasteiger partial charge >= 0.3 is 11.7 Å². The quantitative estimate of drug-likeness (QED) is 0.886. The van der Waals surface area contributed by atoms with E-state index in [0.29, 0.717) is 23.6 Å². The van der Waals surface area contributed by atoms with Crippen LogP contribution in [-0.2, 0) is 6.54 Å². The highest BCUT2D eigenvalue weighted by Crippen LogP contribution is 2.15. The molecule has 2 aromatic heterocycles. The van der Waals surface area contributed by atoms with E-state index in [0.717, 1.165) is 4.57 Å². The van der Waals surface area contributed by atoms with E-state index in [1.54, 1.807) is 0 Å². The zero-order valence-electron chi connectivity index (χ0n) is 11.2. The fourth-order valence-corrected chi connectivity index (χ4v) is 1.87. The summed E-state index contributed by atoms with van der Waals surface area (Å²) in [6, 6.07) is -0.819. The lowest BCUT2D eigenvalue weighted by molar-refractivity contribution is 0.250. The van der Waals surface area contributed by atoms with E-state index < -0.39 is 11.7 Å². The summed E-state index contributed by atoms with van der Waals surface area (Å²) in [4.78, 5) is 31.5. The number of nitrogens with two attached hydrogens (primary N) is 1. The Morgan fingerprint density at radius 3 is 2.68 bits per heavy atom. The molecule has 0 spiro atoms. The summed E-state index contributed by atoms with van der Waals surface area (Å²) >= 11 is 0. The van der Waals surface area contributed by atoms with Crippen molar-refractivity contribution in [3.05, 3.63) is 23.0 Å². The van der Waals surface area contributed by atoms with Gasteiger partial charge in [0.2, 0.25) is 0 Å². The minimum atomic E-state index is -0.819. The highest BCUT2D eigenvalue weighted by Gasteiger charge is 2.19. The number of aromatic nitrogens is 4. The van der Waals surface area contributed by atoms with Crippen LogP contribution in [0, 0.1) is 11.8 Å². The molecule has 2 heterocycles. The lowest BCUT2D eigenvalue weighted by Gasteiger charge is -2.15. The Hall–Kier alpha value is -2.18. The molecule has 0 bridgehead atoms. The molecule has 0 saturated carbocycles. The van der Waals surface area contributed by atoms with Gasteiger partial charge in [0.1, 0.15) is 11.8 Å². The third kappa shape index (κ3) is 2.23. The number of primary amides is 1. The first-order valence-corrected chi connectivity index (χ1v) is 6.14. The molecule has 1 atom stereocenters. The summed E-state index contributed by atoms with van der Waals surface area (Å²) in [5, 5.41) is 0. The lowest BCUT2D eigenvalue weighted by atomic mass is 9.98. The van der Waals surface area contributed by atoms with E-state index >= 15 is 0 Å². The van der Waals surface area contributed by atoms with Gasteiger partial charge in [-0.1, -0.05) is 20.8 Å². The van der Waals surface area contributed by atoms with E-state index in [9.17, 15) is 9.59 Å². The third-order valence-electron chi connectivity index (χ3n) is 3.42. The van der Waals surface area contributed by atoms with Gasteiger partial charge in [-0.25, -0.2) is 24.1 Å². The van der Waals surface area contributed by atoms with Gasteiger partial charge in [-0.2, -0.15) is 0 Å². The normalized spacial score (nSPS) is 13.1. The average Bonchev–Trinajstić information content (AvgIpc) is 2.62. The number of fused-ring (bicyclic) bond motifs is 1. The molecule has 0 saturated heterocycles. The van der Waals surface area contributed by atoms with E-state index in [1.165, 1.54) is 17.1 Å². The fraction of sp³-hybridized carbons (Fsp3) is 0.500. The van der Waals surface area contributed by atoms with Crippen LogP contribution in [0.2, 0.25) is 0 Å². The Bertz CT molecular complexity index is 670. The molecular formula is C12H17N5O2. The standard InChI is InChI=1S/C12H17N5O2/c1-7(2)8(3)5-16-10-9(4-14-6-15-10)17(11(13)18)12(16)19/h4,6-8H,5H2,1-3H3,(H2,13,18). The first-order chi connectivity index (χ1) is 8.93. The number of hydrogen-bond acceptors (Lipinski definition) is 4. The minimum Gasteiger partial charge on any atom is -0.351 e. The minimum absolute atomic E-state index is 0.277. The van der Waals surface area contributed by atoms with Crippen molar-refractivity contribution in [3.8, 4) is 0 Å². The molecule has 2 rings (SSSR count). The monoisotopic (exact) mass is 263 g/mol. The molecule has 1 unspecified atom stereocenters. The number of carbonyl (C=O) groups is 1. The lowest BCUT2D eigenvalue weighted by Crippen LogP contribution is -2.34. The molecule has 7 heteroatoms. The molecule has 0 aromatic carbocycles. The van der Waals surface area contributed by atoms with Gasteiger partial charge < -0.3 is 5.73 Å². The molecule has 0 fully saturated rings. The first-order valence-electron chi connectivity index (χ1n) is 6.14. The van der Waals surface area contributed by atoms with Crippen molar-refractivity contribution in [2.75, 3.05) is 0 Å². The first kappa shape index (κ1) is 13.3. The Morgan fingerprint density at radius 2 is 2.11 bits per heavy atom. The van der Waals surface area contributed by atoms with Gasteiger partial charge in [0.15, 0.2) is 5.65 Å². The van der Waals surface area contributed by atoms with Crippen LogP contribution in [0.5, 0.6) is 0 Å². The third-order valence-corrected chi connectivity index (χ3v) is 3.42. The number of rotatable bonds is 3. The second-order valence-corrected chi connectivity index (χ2v) is 5.02. The highest BCUT2D eigenvalue weighted by molar-refractivity contribution is 5.86. The largest absolute Gasteiger partial charge is 0.351 e. The zero-order chi connectivity index (χ0) is 14.2. The van der Waals surface area contributed by atoms with Crippen LogP contribution in [0.3, 0.4) is 0 Å². The molecule has 7 nitrogen and oxygen atoms in total. The van der Waals surface area contributed by atoms with Crippen molar-refractivity contribution in [1.29, 1.82) is 0 Å². The maximum absolute atomic E-state index is 12.2. The smallest absolute Gasteiger partial charge is 0.338 e. The summed E-state index contributed by atoms with van der Waals surface area (Å²) < 4.78 is 2.38. The molecule has 19 heavy (non-hydrogen) atoms. The topological polar surface area (TPSA) is 95.8 Å². The average molecular weight is 263 g/mol. The van der Waals surface area contributed by atoms with Gasteiger partial charge in [-0.15, -0.1) is 0 Å². The molecular weight excluding hydrogens is 246 g/mol. The van der Waals surface area contributed by atoms with Crippen LogP contribution >= 0.6 is 0 Å².